The Bertz CT molecular complexity index is 586. The highest BCUT2D eigenvalue weighted by atomic mass is 15.1. The second-order valence-electron chi connectivity index (χ2n) is 4.21. The lowest BCUT2D eigenvalue weighted by atomic mass is 10.1. The number of pyridine rings is 1. The predicted octanol–water partition coefficient (Wildman–Crippen LogP) is 1.89. The Hall–Kier alpha value is -2.12. The highest BCUT2D eigenvalue weighted by Crippen LogP contribution is 2.28. The van der Waals surface area contributed by atoms with Gasteiger partial charge in [-0.25, -0.2) is 0 Å². The van der Waals surface area contributed by atoms with Gasteiger partial charge in [0, 0.05) is 25.2 Å². The lowest BCUT2D eigenvalue weighted by molar-refractivity contribution is 0.796. The van der Waals surface area contributed by atoms with Gasteiger partial charge in [-0.1, -0.05) is 18.2 Å². The van der Waals surface area contributed by atoms with Crippen molar-refractivity contribution in [3.63, 3.8) is 0 Å². The fourth-order valence-corrected chi connectivity index (χ4v) is 2.06. The van der Waals surface area contributed by atoms with Gasteiger partial charge in [-0.05, 0) is 19.0 Å². The molecule has 0 spiro atoms. The number of nitrogens with two attached hydrogens (primary N) is 1. The molecule has 1 aromatic heterocycles. The van der Waals surface area contributed by atoms with E-state index in [-0.39, 0.29) is 0 Å². The zero-order valence-electron chi connectivity index (χ0n) is 10.4. The number of aromatic nitrogens is 1. The average Bonchev–Trinajstić information content (AvgIpc) is 2.43. The third-order valence-corrected chi connectivity index (χ3v) is 2.95. The molecular weight excluding hydrogens is 224 g/mol. The Kier molecular flexibility index (Phi) is 3.75. The first-order valence-electron chi connectivity index (χ1n) is 5.97. The lowest BCUT2D eigenvalue weighted by Crippen LogP contribution is -2.22. The number of nitriles is 1. The monoisotopic (exact) mass is 240 g/mol. The van der Waals surface area contributed by atoms with Crippen molar-refractivity contribution >= 4 is 16.6 Å². The van der Waals surface area contributed by atoms with Gasteiger partial charge in [0.1, 0.15) is 6.07 Å². The lowest BCUT2D eigenvalue weighted by Gasteiger charge is -2.21. The Morgan fingerprint density at radius 1 is 1.39 bits per heavy atom. The highest BCUT2D eigenvalue weighted by Gasteiger charge is 2.12. The molecular formula is C14H16N4. The Labute approximate surface area is 107 Å². The van der Waals surface area contributed by atoms with E-state index in [0.29, 0.717) is 12.1 Å². The molecule has 1 heterocycles. The fourth-order valence-electron chi connectivity index (χ4n) is 2.06. The first kappa shape index (κ1) is 12.3. The van der Waals surface area contributed by atoms with Gasteiger partial charge in [-0.2, -0.15) is 5.26 Å². The molecule has 1 aromatic carbocycles. The van der Waals surface area contributed by atoms with Gasteiger partial charge >= 0.3 is 0 Å². The Balaban J connectivity index is 2.54. The van der Waals surface area contributed by atoms with Crippen LogP contribution in [0.3, 0.4) is 0 Å². The number of hydrogen-bond acceptors (Lipinski definition) is 4. The van der Waals surface area contributed by atoms with Crippen molar-refractivity contribution in [1.29, 1.82) is 5.26 Å². The molecule has 2 N–H and O–H groups in total. The maximum Gasteiger partial charge on any atom is 0.103 e. The minimum Gasteiger partial charge on any atom is -0.373 e. The average molecular weight is 240 g/mol. The number of benzene rings is 1. The molecule has 4 heteroatoms. The summed E-state index contributed by atoms with van der Waals surface area (Å²) in [6.07, 6.45) is 2.54. The van der Waals surface area contributed by atoms with Crippen molar-refractivity contribution in [2.45, 2.75) is 6.42 Å². The van der Waals surface area contributed by atoms with E-state index in [1.165, 1.54) is 0 Å². The van der Waals surface area contributed by atoms with E-state index < -0.39 is 0 Å². The second-order valence-corrected chi connectivity index (χ2v) is 4.21. The van der Waals surface area contributed by atoms with E-state index >= 15 is 0 Å². The number of rotatable bonds is 4. The molecule has 92 valence electrons. The molecule has 0 fully saturated rings. The summed E-state index contributed by atoms with van der Waals surface area (Å²) in [6.45, 7) is 1.48. The maximum absolute atomic E-state index is 9.21. The molecule has 0 unspecified atom stereocenters. The van der Waals surface area contributed by atoms with Gasteiger partial charge in [0.2, 0.25) is 0 Å². The summed E-state index contributed by atoms with van der Waals surface area (Å²) in [6, 6.07) is 10.1. The number of fused-ring (bicyclic) bond motifs is 1. The Morgan fingerprint density at radius 2 is 2.17 bits per heavy atom. The zero-order valence-corrected chi connectivity index (χ0v) is 10.4. The largest absolute Gasteiger partial charge is 0.373 e. The standard InChI is InChI=1S/C14H16N4/c1-18(8-4-7-15)14-11(9-16)10-17-13-6-3-2-5-12(13)14/h2-3,5-6,10H,4,7-8,15H2,1H3. The molecule has 18 heavy (non-hydrogen) atoms. The van der Waals surface area contributed by atoms with Gasteiger partial charge < -0.3 is 10.6 Å². The summed E-state index contributed by atoms with van der Waals surface area (Å²) >= 11 is 0. The summed E-state index contributed by atoms with van der Waals surface area (Å²) in [7, 11) is 1.98. The van der Waals surface area contributed by atoms with Crippen LogP contribution in [0.1, 0.15) is 12.0 Å². The van der Waals surface area contributed by atoms with Crippen LogP contribution >= 0.6 is 0 Å². The van der Waals surface area contributed by atoms with Crippen LogP contribution in [-0.2, 0) is 0 Å². The van der Waals surface area contributed by atoms with Gasteiger partial charge in [0.15, 0.2) is 0 Å². The minimum atomic E-state index is 0.605. The molecule has 0 aliphatic carbocycles. The summed E-state index contributed by atoms with van der Waals surface area (Å²) in [4.78, 5) is 6.38. The van der Waals surface area contributed by atoms with Crippen LogP contribution in [0.4, 0.5) is 5.69 Å². The van der Waals surface area contributed by atoms with Gasteiger partial charge in [-0.15, -0.1) is 0 Å². The summed E-state index contributed by atoms with van der Waals surface area (Å²) in [5, 5.41) is 10.2. The van der Waals surface area contributed by atoms with Crippen molar-refractivity contribution in [3.05, 3.63) is 36.0 Å². The minimum absolute atomic E-state index is 0.605. The van der Waals surface area contributed by atoms with E-state index in [4.69, 9.17) is 5.73 Å². The Morgan fingerprint density at radius 3 is 2.89 bits per heavy atom. The summed E-state index contributed by atoms with van der Waals surface area (Å²) in [5.41, 5.74) is 7.99. The molecule has 0 saturated carbocycles. The third kappa shape index (κ3) is 2.27. The quantitative estimate of drug-likeness (QED) is 0.886. The van der Waals surface area contributed by atoms with E-state index in [2.05, 4.69) is 16.0 Å². The number of nitrogens with zero attached hydrogens (tertiary/aromatic N) is 3. The van der Waals surface area contributed by atoms with Crippen LogP contribution in [-0.4, -0.2) is 25.1 Å². The van der Waals surface area contributed by atoms with Crippen LogP contribution in [0.5, 0.6) is 0 Å². The van der Waals surface area contributed by atoms with Crippen molar-refractivity contribution < 1.29 is 0 Å². The molecule has 0 saturated heterocycles. The molecule has 2 rings (SSSR count). The number of para-hydroxylation sites is 1. The van der Waals surface area contributed by atoms with Crippen LogP contribution in [0.15, 0.2) is 30.5 Å². The van der Waals surface area contributed by atoms with Gasteiger partial charge in [0.05, 0.1) is 16.8 Å². The van der Waals surface area contributed by atoms with Gasteiger partial charge in [-0.3, -0.25) is 4.98 Å². The number of anilines is 1. The molecule has 0 amide bonds. The normalized spacial score (nSPS) is 10.3. The van der Waals surface area contributed by atoms with Crippen LogP contribution in [0.2, 0.25) is 0 Å². The molecule has 0 aliphatic rings. The first-order chi connectivity index (χ1) is 8.77. The summed E-state index contributed by atoms with van der Waals surface area (Å²) in [5.74, 6) is 0. The van der Waals surface area contributed by atoms with E-state index in [0.717, 1.165) is 29.6 Å². The van der Waals surface area contributed by atoms with Crippen LogP contribution < -0.4 is 10.6 Å². The molecule has 4 nitrogen and oxygen atoms in total. The van der Waals surface area contributed by atoms with Crippen LogP contribution in [0.25, 0.3) is 10.9 Å². The highest BCUT2D eigenvalue weighted by molar-refractivity contribution is 5.94. The van der Waals surface area contributed by atoms with Crippen molar-refractivity contribution in [2.75, 3.05) is 25.0 Å². The fraction of sp³-hybridized carbons (Fsp3) is 0.286. The SMILES string of the molecule is CN(CCCN)c1c(C#N)cnc2ccccc12. The van der Waals surface area contributed by atoms with Crippen molar-refractivity contribution in [2.24, 2.45) is 5.73 Å². The summed E-state index contributed by atoms with van der Waals surface area (Å²) < 4.78 is 0. The molecule has 0 atom stereocenters. The van der Waals surface area contributed by atoms with Crippen molar-refractivity contribution in [3.8, 4) is 6.07 Å². The van der Waals surface area contributed by atoms with Crippen LogP contribution in [0, 0.1) is 11.3 Å². The predicted molar refractivity (Wildman–Crippen MR) is 73.4 cm³/mol. The van der Waals surface area contributed by atoms with Crippen molar-refractivity contribution in [1.82, 2.24) is 4.98 Å². The topological polar surface area (TPSA) is 65.9 Å². The molecule has 2 aromatic rings. The van der Waals surface area contributed by atoms with E-state index in [9.17, 15) is 5.26 Å². The smallest absolute Gasteiger partial charge is 0.103 e. The number of hydrogen-bond donors (Lipinski definition) is 1. The maximum atomic E-state index is 9.21. The molecule has 0 aliphatic heterocycles. The van der Waals surface area contributed by atoms with Gasteiger partial charge in [0.25, 0.3) is 0 Å². The first-order valence-corrected chi connectivity index (χ1v) is 5.97. The molecule has 0 radical (unpaired) electrons. The van der Waals surface area contributed by atoms with E-state index in [1.54, 1.807) is 6.20 Å². The third-order valence-electron chi connectivity index (χ3n) is 2.95. The second kappa shape index (κ2) is 5.48. The van der Waals surface area contributed by atoms with E-state index in [1.807, 2.05) is 31.3 Å². The zero-order chi connectivity index (χ0) is 13.0. The molecule has 0 bridgehead atoms.